The third-order valence-corrected chi connectivity index (χ3v) is 8.73. The number of benzene rings is 1. The third kappa shape index (κ3) is 8.23. The summed E-state index contributed by atoms with van der Waals surface area (Å²) in [5.74, 6) is 1.12. The van der Waals surface area contributed by atoms with Crippen LogP contribution in [-0.2, 0) is 58.1 Å². The fraction of sp³-hybridized carbons (Fsp3) is 0.531. The summed E-state index contributed by atoms with van der Waals surface area (Å²) in [6.07, 6.45) is 6.24. The summed E-state index contributed by atoms with van der Waals surface area (Å²) in [5, 5.41) is 6.82. The third-order valence-electron chi connectivity index (χ3n) is 7.40. The van der Waals surface area contributed by atoms with Gasteiger partial charge < -0.3 is 15.0 Å². The first-order valence-corrected chi connectivity index (χ1v) is 16.5. The molecule has 0 atom stereocenters. The molecule has 11 heteroatoms. The minimum absolute atomic E-state index is 0.276. The van der Waals surface area contributed by atoms with Gasteiger partial charge >= 0.3 is 5.97 Å². The van der Waals surface area contributed by atoms with Crippen LogP contribution in [0.5, 0.6) is 0 Å². The van der Waals surface area contributed by atoms with E-state index in [4.69, 9.17) is 36.9 Å². The van der Waals surface area contributed by atoms with Crippen LogP contribution in [0, 0.1) is 0 Å². The molecule has 2 aromatic heterocycles. The van der Waals surface area contributed by atoms with E-state index in [1.807, 2.05) is 33.0 Å². The van der Waals surface area contributed by atoms with Crippen LogP contribution in [0.15, 0.2) is 28.9 Å². The van der Waals surface area contributed by atoms with Crippen molar-refractivity contribution in [1.29, 1.82) is 0 Å². The van der Waals surface area contributed by atoms with Gasteiger partial charge in [-0.15, -0.1) is 11.8 Å². The number of aromatic nitrogens is 3. The number of allylic oxidation sites excluding steroid dienone is 1. The van der Waals surface area contributed by atoms with Crippen molar-refractivity contribution in [2.75, 3.05) is 26.5 Å². The first-order chi connectivity index (χ1) is 20.8. The topological polar surface area (TPSA) is 106 Å². The zero-order chi connectivity index (χ0) is 31.5. The SMILES string of the molecule is CC.CCC(/C=C(\N)CSCc1nn2c(c1-c1c(Cl)ccc3c(CCCOC(C)=O)c(COOC)n(C)c13)CCC2)=NC. The van der Waals surface area contributed by atoms with Gasteiger partial charge in [-0.25, -0.2) is 9.78 Å². The van der Waals surface area contributed by atoms with Crippen molar-refractivity contribution in [3.05, 3.63) is 51.6 Å². The number of rotatable bonds is 14. The van der Waals surface area contributed by atoms with Crippen LogP contribution in [0.4, 0.5) is 0 Å². The smallest absolute Gasteiger partial charge is 0.302 e. The monoisotopic (exact) mass is 631 g/mol. The van der Waals surface area contributed by atoms with Crippen LogP contribution in [0.1, 0.15) is 69.6 Å². The first kappa shape index (κ1) is 34.7. The molecule has 3 aromatic rings. The molecule has 1 aliphatic rings. The molecule has 0 radical (unpaired) electrons. The van der Waals surface area contributed by atoms with Crippen LogP contribution in [-0.4, -0.2) is 52.5 Å². The number of aryl methyl sites for hydroxylation is 3. The van der Waals surface area contributed by atoms with Crippen molar-refractivity contribution < 1.29 is 19.3 Å². The summed E-state index contributed by atoms with van der Waals surface area (Å²) in [6, 6.07) is 4.05. The number of halogens is 1. The van der Waals surface area contributed by atoms with Crippen molar-refractivity contribution in [3.8, 4) is 11.1 Å². The molecule has 43 heavy (non-hydrogen) atoms. The van der Waals surface area contributed by atoms with Crippen molar-refractivity contribution in [2.24, 2.45) is 17.8 Å². The second-order valence-corrected chi connectivity index (χ2v) is 11.4. The van der Waals surface area contributed by atoms with Gasteiger partial charge in [0.1, 0.15) is 6.61 Å². The Morgan fingerprint density at radius 2 is 2.05 bits per heavy atom. The van der Waals surface area contributed by atoms with Crippen LogP contribution < -0.4 is 5.73 Å². The maximum atomic E-state index is 11.3. The number of nitrogens with zero attached hydrogens (tertiary/aromatic N) is 4. The van der Waals surface area contributed by atoms with Gasteiger partial charge in [-0.3, -0.25) is 14.5 Å². The molecular formula is C32H46ClN5O4S. The maximum Gasteiger partial charge on any atom is 0.302 e. The molecule has 1 aliphatic heterocycles. The van der Waals surface area contributed by atoms with E-state index in [9.17, 15) is 4.79 Å². The number of hydrogen-bond donors (Lipinski definition) is 1. The molecule has 3 heterocycles. The molecule has 1 aromatic carbocycles. The quantitative estimate of drug-likeness (QED) is 0.0686. The maximum absolute atomic E-state index is 11.3. The van der Waals surface area contributed by atoms with Crippen molar-refractivity contribution in [2.45, 2.75) is 78.7 Å². The molecule has 9 nitrogen and oxygen atoms in total. The second kappa shape index (κ2) is 16.9. The standard InChI is InChI=1S/C30H40ClN5O4S.C2H6/c1-6-21(33-3)15-20(32)17-41-18-25-29(26-10-7-13-36(26)34-25)28-24(31)12-11-23-22(9-8-14-39-19(2)37)27(16-40-38-5)35(4)30(23)28;1-2/h11-12,15H,6-10,13-14,16-18,32H2,1-5H3;1-2H3/b20-15-,33-21?;. The Bertz CT molecular complexity index is 1460. The number of thioether (sulfide) groups is 1. The van der Waals surface area contributed by atoms with Crippen molar-refractivity contribution in [1.82, 2.24) is 14.3 Å². The number of esters is 1. The molecule has 0 unspecified atom stereocenters. The average molecular weight is 632 g/mol. The van der Waals surface area contributed by atoms with Gasteiger partial charge in [0.15, 0.2) is 0 Å². The summed E-state index contributed by atoms with van der Waals surface area (Å²) in [7, 11) is 5.34. The van der Waals surface area contributed by atoms with E-state index in [0.29, 0.717) is 29.6 Å². The van der Waals surface area contributed by atoms with Crippen LogP contribution in [0.3, 0.4) is 0 Å². The Morgan fingerprint density at radius 3 is 2.72 bits per heavy atom. The lowest BCUT2D eigenvalue weighted by molar-refractivity contribution is -0.283. The number of ether oxygens (including phenoxy) is 1. The number of carbonyl (C=O) groups is 1. The van der Waals surface area contributed by atoms with E-state index >= 15 is 0 Å². The Labute approximate surface area is 264 Å². The van der Waals surface area contributed by atoms with Crippen LogP contribution >= 0.6 is 23.4 Å². The van der Waals surface area contributed by atoms with E-state index in [-0.39, 0.29) is 12.6 Å². The van der Waals surface area contributed by atoms with Gasteiger partial charge in [0.2, 0.25) is 0 Å². The second-order valence-electron chi connectivity index (χ2n) is 10.1. The van der Waals surface area contributed by atoms with Gasteiger partial charge in [0.25, 0.3) is 0 Å². The highest BCUT2D eigenvalue weighted by Crippen LogP contribution is 2.44. The molecule has 2 N–H and O–H groups in total. The summed E-state index contributed by atoms with van der Waals surface area (Å²) in [6.45, 7) is 9.04. The predicted octanol–water partition coefficient (Wildman–Crippen LogP) is 6.80. The lowest BCUT2D eigenvalue weighted by Crippen LogP contribution is -2.05. The highest BCUT2D eigenvalue weighted by Gasteiger charge is 2.28. The van der Waals surface area contributed by atoms with Gasteiger partial charge in [0, 0.05) is 72.7 Å². The van der Waals surface area contributed by atoms with Gasteiger partial charge in [-0.05, 0) is 49.8 Å². The van der Waals surface area contributed by atoms with E-state index in [1.54, 1.807) is 18.8 Å². The van der Waals surface area contributed by atoms with E-state index in [2.05, 4.69) is 27.2 Å². The molecular weight excluding hydrogens is 586 g/mol. The number of nitrogens with two attached hydrogens (primary N) is 1. The zero-order valence-corrected chi connectivity index (χ0v) is 28.2. The fourth-order valence-electron chi connectivity index (χ4n) is 5.55. The van der Waals surface area contributed by atoms with Gasteiger partial charge in [-0.1, -0.05) is 38.4 Å². The summed E-state index contributed by atoms with van der Waals surface area (Å²) in [4.78, 5) is 26.0. The molecule has 236 valence electrons. The molecule has 0 bridgehead atoms. The molecule has 0 saturated carbocycles. The highest BCUT2D eigenvalue weighted by molar-refractivity contribution is 7.98. The average Bonchev–Trinajstić information content (AvgIpc) is 3.66. The lowest BCUT2D eigenvalue weighted by atomic mass is 9.97. The van der Waals surface area contributed by atoms with Crippen molar-refractivity contribution in [3.63, 3.8) is 0 Å². The number of hydrogen-bond acceptors (Lipinski definition) is 8. The Morgan fingerprint density at radius 1 is 1.28 bits per heavy atom. The van der Waals surface area contributed by atoms with E-state index < -0.39 is 0 Å². The zero-order valence-electron chi connectivity index (χ0n) is 26.6. The molecule has 4 rings (SSSR count). The summed E-state index contributed by atoms with van der Waals surface area (Å²) in [5.41, 5.74) is 15.6. The molecule has 0 saturated heterocycles. The Kier molecular flexibility index (Phi) is 13.6. The predicted molar refractivity (Wildman–Crippen MR) is 178 cm³/mol. The molecule has 0 spiro atoms. The van der Waals surface area contributed by atoms with Crippen LogP contribution in [0.25, 0.3) is 22.0 Å². The minimum Gasteiger partial charge on any atom is -0.466 e. The molecule has 0 aliphatic carbocycles. The van der Waals surface area contributed by atoms with Gasteiger partial charge in [-0.2, -0.15) is 5.10 Å². The van der Waals surface area contributed by atoms with Crippen LogP contribution in [0.2, 0.25) is 5.02 Å². The highest BCUT2D eigenvalue weighted by atomic mass is 35.5. The lowest BCUT2D eigenvalue weighted by Gasteiger charge is -2.12. The van der Waals surface area contributed by atoms with E-state index in [0.717, 1.165) is 82.6 Å². The number of fused-ring (bicyclic) bond motifs is 2. The Hall–Kier alpha value is -2.79. The summed E-state index contributed by atoms with van der Waals surface area (Å²) < 4.78 is 9.50. The normalized spacial score (nSPS) is 13.3. The number of aliphatic imine (C=N–C) groups is 1. The first-order valence-electron chi connectivity index (χ1n) is 15.0. The Balaban J connectivity index is 0.00000248. The van der Waals surface area contributed by atoms with Gasteiger partial charge in [0.05, 0.1) is 35.6 Å². The number of carbonyl (C=O) groups excluding carboxylic acids is 1. The van der Waals surface area contributed by atoms with E-state index in [1.165, 1.54) is 19.7 Å². The summed E-state index contributed by atoms with van der Waals surface area (Å²) >= 11 is 8.77. The largest absolute Gasteiger partial charge is 0.466 e. The molecule has 0 amide bonds. The minimum atomic E-state index is -0.276. The van der Waals surface area contributed by atoms with Crippen molar-refractivity contribution >= 4 is 45.9 Å². The fourth-order valence-corrected chi connectivity index (χ4v) is 6.62. The molecule has 0 fully saturated rings.